The second-order valence-electron chi connectivity index (χ2n) is 11.9. The van der Waals surface area contributed by atoms with E-state index in [1.165, 1.54) is 0 Å². The van der Waals surface area contributed by atoms with Crippen LogP contribution in [0.5, 0.6) is 0 Å². The fourth-order valence-corrected chi connectivity index (χ4v) is 6.28. The van der Waals surface area contributed by atoms with E-state index in [-0.39, 0.29) is 44.4 Å². The van der Waals surface area contributed by atoms with Gasteiger partial charge in [0, 0.05) is 36.8 Å². The number of hydrogen-bond acceptors (Lipinski definition) is 2. The summed E-state index contributed by atoms with van der Waals surface area (Å²) in [5, 5.41) is 3.61. The monoisotopic (exact) mass is 712 g/mol. The molecule has 0 aliphatic rings. The Hall–Kier alpha value is -6.64. The molecule has 0 fully saturated rings. The summed E-state index contributed by atoms with van der Waals surface area (Å²) in [5.41, 5.74) is 5.58. The highest BCUT2D eigenvalue weighted by molar-refractivity contribution is 5.99. The van der Waals surface area contributed by atoms with Crippen molar-refractivity contribution in [3.05, 3.63) is 225 Å². The van der Waals surface area contributed by atoms with Crippen LogP contribution in [0, 0.1) is 0 Å². The molecule has 0 saturated carbocycles. The first-order chi connectivity index (χ1) is 30.0. The number of para-hydroxylation sites is 1. The lowest BCUT2D eigenvalue weighted by Crippen LogP contribution is -2.14. The fraction of sp³-hybridized carbons (Fsp3) is 0.0769. The lowest BCUT2D eigenvalue weighted by atomic mass is 9.98. The molecule has 0 N–H and O–H groups in total. The Morgan fingerprint density at radius 3 is 2.04 bits per heavy atom. The third kappa shape index (κ3) is 8.36. The van der Waals surface area contributed by atoms with E-state index in [2.05, 4.69) is 6.58 Å². The van der Waals surface area contributed by atoms with Crippen LogP contribution >= 0.6 is 0 Å². The molecule has 2 heteroatoms. The molecule has 0 bridgehead atoms. The zero-order chi connectivity index (χ0) is 44.1. The van der Waals surface area contributed by atoms with Gasteiger partial charge in [0.05, 0.1) is 22.3 Å². The summed E-state index contributed by atoms with van der Waals surface area (Å²) in [5.74, 6) is 0. The number of allylic oxidation sites excluding steroid dienone is 6. The summed E-state index contributed by atoms with van der Waals surface area (Å²) in [6.45, 7) is 5.86. The average molecular weight is 713 g/mol. The Morgan fingerprint density at radius 1 is 0.704 bits per heavy atom. The van der Waals surface area contributed by atoms with Gasteiger partial charge in [0.25, 0.3) is 0 Å². The Labute approximate surface area is 336 Å². The molecular formula is C52H50N2. The zero-order valence-electron chi connectivity index (χ0n) is 38.4. The second-order valence-corrected chi connectivity index (χ2v) is 11.9. The SMILES string of the molecule is C.C.[2H]C=C([2H])C([2H])C([2H])C(=C[2H])N(/C=C/C=C(\C=C)c1cccc(-c2ccc(N(c3c([2H])c([2H])c([2H])c([2H])c3[2H])c3cccc4ccccc34)cc2)c1)c1cccc2ccccc12. The van der Waals surface area contributed by atoms with Crippen molar-refractivity contribution >= 4 is 49.9 Å². The van der Waals surface area contributed by atoms with Crippen molar-refractivity contribution < 1.29 is 13.7 Å². The van der Waals surface area contributed by atoms with E-state index in [0.29, 0.717) is 17.1 Å². The Bertz CT molecular complexity index is 2880. The molecular weight excluding hydrogens is 653 g/mol. The van der Waals surface area contributed by atoms with Gasteiger partial charge in [-0.3, -0.25) is 0 Å². The standard InChI is InChI=1S/C50H42N2.2CH4/c1-4-6-18-38(3)51(49-30-15-21-41-19-10-12-28-47(41)49)36-17-25-39(5-2)43-23-14-24-44(37-43)40-32-34-46(35-33-40)52(45-26-8-7-9-27-45)50-31-16-22-42-20-11-13-29-48(42)50;;/h4-5,7-17,19-37H,1-3,6,18H2;2*1H4/b36-17+,39-25+;;/i1D,3D,4D,6D,7D,8D,9D,18D,26D,27D;;/b4-1?,36-17+,38-3?,39-25+;;. The van der Waals surface area contributed by atoms with E-state index < -0.39 is 30.9 Å². The Balaban J connectivity index is 0.00000385. The minimum absolute atomic E-state index is 0. The van der Waals surface area contributed by atoms with E-state index in [1.54, 1.807) is 28.2 Å². The van der Waals surface area contributed by atoms with Crippen LogP contribution in [-0.2, 0) is 0 Å². The summed E-state index contributed by atoms with van der Waals surface area (Å²) in [6, 6.07) is 40.3. The quantitative estimate of drug-likeness (QED) is 0.0867. The molecule has 0 saturated heterocycles. The first-order valence-electron chi connectivity index (χ1n) is 22.1. The molecule has 7 rings (SSSR count). The number of benzene rings is 7. The lowest BCUT2D eigenvalue weighted by Gasteiger charge is -2.27. The van der Waals surface area contributed by atoms with Crippen LogP contribution in [0.15, 0.2) is 220 Å². The van der Waals surface area contributed by atoms with Crippen molar-refractivity contribution in [2.75, 3.05) is 9.80 Å². The maximum atomic E-state index is 8.89. The minimum Gasteiger partial charge on any atom is -0.321 e. The number of fused-ring (bicyclic) bond motifs is 2. The summed E-state index contributed by atoms with van der Waals surface area (Å²) in [7, 11) is 0. The van der Waals surface area contributed by atoms with Gasteiger partial charge in [-0.05, 0) is 94.3 Å². The van der Waals surface area contributed by atoms with E-state index in [1.807, 2.05) is 140 Å². The highest BCUT2D eigenvalue weighted by Crippen LogP contribution is 2.39. The van der Waals surface area contributed by atoms with Crippen LogP contribution < -0.4 is 9.80 Å². The molecule has 0 aromatic heterocycles. The van der Waals surface area contributed by atoms with E-state index in [0.717, 1.165) is 56.9 Å². The molecule has 2 atom stereocenters. The highest BCUT2D eigenvalue weighted by Gasteiger charge is 2.15. The van der Waals surface area contributed by atoms with Crippen molar-refractivity contribution in [3.8, 4) is 11.1 Å². The predicted octanol–water partition coefficient (Wildman–Crippen LogP) is 15.5. The van der Waals surface area contributed by atoms with Gasteiger partial charge in [-0.1, -0.05) is 167 Å². The van der Waals surface area contributed by atoms with Crippen molar-refractivity contribution in [1.82, 2.24) is 0 Å². The van der Waals surface area contributed by atoms with E-state index in [9.17, 15) is 0 Å². The smallest absolute Gasteiger partial charge is 0.0645 e. The molecule has 0 heterocycles. The zero-order valence-corrected chi connectivity index (χ0v) is 28.4. The third-order valence-electron chi connectivity index (χ3n) is 8.76. The lowest BCUT2D eigenvalue weighted by molar-refractivity contribution is 0.938. The first kappa shape index (κ1) is 27.0. The van der Waals surface area contributed by atoms with E-state index >= 15 is 0 Å². The molecule has 0 aliphatic carbocycles. The predicted molar refractivity (Wildman–Crippen MR) is 240 cm³/mol. The third-order valence-corrected chi connectivity index (χ3v) is 8.76. The van der Waals surface area contributed by atoms with Gasteiger partial charge in [0.2, 0.25) is 0 Å². The Kier molecular flexibility index (Phi) is 9.12. The topological polar surface area (TPSA) is 6.48 Å². The molecule has 268 valence electrons. The van der Waals surface area contributed by atoms with Crippen LogP contribution in [0.4, 0.5) is 22.7 Å². The van der Waals surface area contributed by atoms with Gasteiger partial charge < -0.3 is 9.80 Å². The van der Waals surface area contributed by atoms with Crippen LogP contribution in [0.2, 0.25) is 0 Å². The van der Waals surface area contributed by atoms with Crippen molar-refractivity contribution in [3.63, 3.8) is 0 Å². The van der Waals surface area contributed by atoms with Crippen LogP contribution in [0.3, 0.4) is 0 Å². The molecule has 0 aliphatic heterocycles. The number of anilines is 4. The molecule has 0 spiro atoms. The van der Waals surface area contributed by atoms with Gasteiger partial charge in [-0.2, -0.15) is 0 Å². The van der Waals surface area contributed by atoms with Gasteiger partial charge in [0.15, 0.2) is 0 Å². The normalized spacial score (nSPS) is 15.7. The Morgan fingerprint density at radius 2 is 1.35 bits per heavy atom. The molecule has 7 aromatic rings. The van der Waals surface area contributed by atoms with Crippen LogP contribution in [0.1, 0.15) is 46.9 Å². The molecule has 0 radical (unpaired) electrons. The van der Waals surface area contributed by atoms with Crippen molar-refractivity contribution in [2.45, 2.75) is 27.6 Å². The average Bonchev–Trinajstić information content (AvgIpc) is 3.31. The highest BCUT2D eigenvalue weighted by atomic mass is 15.1. The maximum Gasteiger partial charge on any atom is 0.0645 e. The summed E-state index contributed by atoms with van der Waals surface area (Å²) in [6.07, 6.45) is 4.42. The molecule has 54 heavy (non-hydrogen) atoms. The van der Waals surface area contributed by atoms with Gasteiger partial charge in [-0.25, -0.2) is 0 Å². The molecule has 7 aromatic carbocycles. The summed E-state index contributed by atoms with van der Waals surface area (Å²) in [4.78, 5) is 3.41. The molecule has 2 nitrogen and oxygen atoms in total. The molecule has 0 amide bonds. The second kappa shape index (κ2) is 18.2. The number of nitrogens with zero attached hydrogens (tertiary/aromatic N) is 2. The van der Waals surface area contributed by atoms with Crippen LogP contribution in [0.25, 0.3) is 38.2 Å². The van der Waals surface area contributed by atoms with Gasteiger partial charge >= 0.3 is 0 Å². The van der Waals surface area contributed by atoms with Gasteiger partial charge in [0.1, 0.15) is 0 Å². The summed E-state index contributed by atoms with van der Waals surface area (Å²) >= 11 is 0. The van der Waals surface area contributed by atoms with Crippen molar-refractivity contribution in [1.29, 1.82) is 0 Å². The molecule has 2 unspecified atom stereocenters. The van der Waals surface area contributed by atoms with Gasteiger partial charge in [-0.15, -0.1) is 6.55 Å². The first-order valence-corrected chi connectivity index (χ1v) is 16.8. The maximum absolute atomic E-state index is 8.89. The fourth-order valence-electron chi connectivity index (χ4n) is 6.28. The summed E-state index contributed by atoms with van der Waals surface area (Å²) < 4.78 is 84.2. The number of rotatable bonds is 13. The number of hydrogen-bond donors (Lipinski definition) is 0. The minimum atomic E-state index is -1.37. The van der Waals surface area contributed by atoms with Crippen LogP contribution in [-0.4, -0.2) is 0 Å². The largest absolute Gasteiger partial charge is 0.321 e. The van der Waals surface area contributed by atoms with E-state index in [4.69, 9.17) is 13.7 Å². The van der Waals surface area contributed by atoms with Crippen molar-refractivity contribution in [2.24, 2.45) is 0 Å².